The maximum absolute atomic E-state index is 12.6. The van der Waals surface area contributed by atoms with Gasteiger partial charge in [-0.2, -0.15) is 0 Å². The molecule has 1 amide bonds. The molecular formula is C21H34ClNO5. The van der Waals surface area contributed by atoms with Gasteiger partial charge in [0.25, 0.3) is 0 Å². The Kier molecular flexibility index (Phi) is 13.1. The number of hydrogen-bond donors (Lipinski definition) is 4. The van der Waals surface area contributed by atoms with Crippen LogP contribution in [0.5, 0.6) is 0 Å². The van der Waals surface area contributed by atoms with Gasteiger partial charge in [-0.15, -0.1) is 11.6 Å². The number of nitrogens with one attached hydrogen (secondary N) is 1. The van der Waals surface area contributed by atoms with Gasteiger partial charge >= 0.3 is 0 Å². The minimum Gasteiger partial charge on any atom is -0.396 e. The van der Waals surface area contributed by atoms with Crippen LogP contribution in [0.15, 0.2) is 30.3 Å². The Morgan fingerprint density at radius 2 is 1.54 bits per heavy atom. The first-order valence-corrected chi connectivity index (χ1v) is 10.4. The molecule has 0 aliphatic carbocycles. The molecule has 160 valence electrons. The number of alkyl halides is 1. The molecule has 28 heavy (non-hydrogen) atoms. The molecule has 0 saturated heterocycles. The van der Waals surface area contributed by atoms with Crippen molar-refractivity contribution in [2.24, 2.45) is 0 Å². The molecule has 0 spiro atoms. The van der Waals surface area contributed by atoms with Crippen LogP contribution in [0.3, 0.4) is 0 Å². The topological polar surface area (TPSA) is 99.0 Å². The number of rotatable bonds is 16. The van der Waals surface area contributed by atoms with Crippen LogP contribution in [0.4, 0.5) is 0 Å². The third-order valence-corrected chi connectivity index (χ3v) is 5.08. The van der Waals surface area contributed by atoms with Crippen LogP contribution < -0.4 is 5.32 Å². The van der Waals surface area contributed by atoms with Crippen molar-refractivity contribution in [1.29, 1.82) is 0 Å². The van der Waals surface area contributed by atoms with Crippen LogP contribution in [0.2, 0.25) is 0 Å². The summed E-state index contributed by atoms with van der Waals surface area (Å²) in [6.07, 6.45) is 4.02. The van der Waals surface area contributed by atoms with Gasteiger partial charge in [0.15, 0.2) is 0 Å². The number of carbonyl (C=O) groups excluding carboxylic acids is 1. The lowest BCUT2D eigenvalue weighted by atomic mass is 9.83. The van der Waals surface area contributed by atoms with Gasteiger partial charge in [-0.3, -0.25) is 4.79 Å². The van der Waals surface area contributed by atoms with E-state index in [0.717, 1.165) is 12.0 Å². The van der Waals surface area contributed by atoms with Crippen LogP contribution in [0, 0.1) is 0 Å². The number of halogens is 1. The van der Waals surface area contributed by atoms with Gasteiger partial charge in [-0.05, 0) is 50.5 Å². The van der Waals surface area contributed by atoms with E-state index >= 15 is 0 Å². The lowest BCUT2D eigenvalue weighted by Gasteiger charge is -2.36. The zero-order valence-corrected chi connectivity index (χ0v) is 17.2. The van der Waals surface area contributed by atoms with Gasteiger partial charge in [0.1, 0.15) is 5.38 Å². The first kappa shape index (κ1) is 24.9. The first-order valence-electron chi connectivity index (χ1n) is 9.97. The summed E-state index contributed by atoms with van der Waals surface area (Å²) in [5, 5.41) is 29.8. The molecule has 0 saturated carbocycles. The number of amides is 1. The number of benzene rings is 1. The maximum Gasteiger partial charge on any atom is 0.240 e. The van der Waals surface area contributed by atoms with E-state index in [1.165, 1.54) is 0 Å². The van der Waals surface area contributed by atoms with E-state index in [1.807, 2.05) is 30.3 Å². The fourth-order valence-corrected chi connectivity index (χ4v) is 3.40. The number of aliphatic hydroxyl groups is 3. The SMILES string of the molecule is O=C(NC(CCCO)(CCCO)CCCO)C(Cl)COCCc1ccccc1. The molecule has 1 atom stereocenters. The summed E-state index contributed by atoms with van der Waals surface area (Å²) in [5.41, 5.74) is 0.566. The fraction of sp³-hybridized carbons (Fsp3) is 0.667. The second-order valence-corrected chi connectivity index (χ2v) is 7.56. The van der Waals surface area contributed by atoms with Gasteiger partial charge in [0, 0.05) is 25.4 Å². The van der Waals surface area contributed by atoms with E-state index in [-0.39, 0.29) is 32.3 Å². The van der Waals surface area contributed by atoms with E-state index in [1.54, 1.807) is 0 Å². The predicted molar refractivity (Wildman–Crippen MR) is 110 cm³/mol. The molecule has 0 aliphatic rings. The third-order valence-electron chi connectivity index (χ3n) is 4.76. The zero-order chi connectivity index (χ0) is 20.7. The number of carbonyl (C=O) groups is 1. The van der Waals surface area contributed by atoms with Crippen molar-refractivity contribution in [2.75, 3.05) is 33.0 Å². The van der Waals surface area contributed by atoms with Crippen molar-refractivity contribution in [3.05, 3.63) is 35.9 Å². The lowest BCUT2D eigenvalue weighted by Crippen LogP contribution is -2.52. The van der Waals surface area contributed by atoms with Gasteiger partial charge in [0.2, 0.25) is 5.91 Å². The van der Waals surface area contributed by atoms with E-state index in [9.17, 15) is 20.1 Å². The Bertz CT molecular complexity index is 507. The molecule has 0 heterocycles. The molecule has 1 aromatic rings. The van der Waals surface area contributed by atoms with Crippen molar-refractivity contribution >= 4 is 17.5 Å². The van der Waals surface area contributed by atoms with Gasteiger partial charge in [-0.25, -0.2) is 0 Å². The van der Waals surface area contributed by atoms with Crippen LogP contribution in [0.1, 0.15) is 44.1 Å². The van der Waals surface area contributed by atoms with Crippen LogP contribution in [-0.2, 0) is 16.0 Å². The van der Waals surface area contributed by atoms with Crippen LogP contribution in [0.25, 0.3) is 0 Å². The quantitative estimate of drug-likeness (QED) is 0.244. The Morgan fingerprint density at radius 3 is 2.04 bits per heavy atom. The summed E-state index contributed by atoms with van der Waals surface area (Å²) in [6.45, 7) is 0.635. The predicted octanol–water partition coefficient (Wildman–Crippen LogP) is 2.03. The van der Waals surface area contributed by atoms with Crippen molar-refractivity contribution in [1.82, 2.24) is 5.32 Å². The number of hydrogen-bond acceptors (Lipinski definition) is 5. The summed E-state index contributed by atoms with van der Waals surface area (Å²) < 4.78 is 5.57. The average Bonchev–Trinajstić information content (AvgIpc) is 2.72. The Hall–Kier alpha value is -1.18. The first-order chi connectivity index (χ1) is 13.6. The lowest BCUT2D eigenvalue weighted by molar-refractivity contribution is -0.124. The van der Waals surface area contributed by atoms with Crippen LogP contribution >= 0.6 is 11.6 Å². The van der Waals surface area contributed by atoms with Gasteiger partial charge in [-0.1, -0.05) is 30.3 Å². The summed E-state index contributed by atoms with van der Waals surface area (Å²) in [7, 11) is 0. The number of ether oxygens (including phenoxy) is 1. The molecule has 6 nitrogen and oxygen atoms in total. The molecule has 1 rings (SSSR count). The third kappa shape index (κ3) is 9.85. The van der Waals surface area contributed by atoms with E-state index in [0.29, 0.717) is 45.1 Å². The monoisotopic (exact) mass is 415 g/mol. The standard InChI is InChI=1S/C21H34ClNO5/c22-19(17-28-16-9-18-7-2-1-3-8-18)20(27)23-21(10-4-13-24,11-5-14-25)12-6-15-26/h1-3,7-8,19,24-26H,4-6,9-17H2,(H,23,27). The van der Waals surface area contributed by atoms with Crippen molar-refractivity contribution < 1.29 is 24.9 Å². The maximum atomic E-state index is 12.6. The molecular weight excluding hydrogens is 382 g/mol. The highest BCUT2D eigenvalue weighted by Crippen LogP contribution is 2.26. The molecule has 0 radical (unpaired) electrons. The summed E-state index contributed by atoms with van der Waals surface area (Å²) >= 11 is 6.24. The largest absolute Gasteiger partial charge is 0.396 e. The van der Waals surface area contributed by atoms with E-state index < -0.39 is 10.9 Å². The molecule has 0 fully saturated rings. The fourth-order valence-electron chi connectivity index (χ4n) is 3.25. The molecule has 1 aromatic carbocycles. The summed E-state index contributed by atoms with van der Waals surface area (Å²) in [6, 6.07) is 9.94. The highest BCUT2D eigenvalue weighted by Gasteiger charge is 2.32. The highest BCUT2D eigenvalue weighted by molar-refractivity contribution is 6.30. The Morgan fingerprint density at radius 1 is 1.00 bits per heavy atom. The highest BCUT2D eigenvalue weighted by atomic mass is 35.5. The van der Waals surface area contributed by atoms with Crippen molar-refractivity contribution in [3.8, 4) is 0 Å². The van der Waals surface area contributed by atoms with Crippen molar-refractivity contribution in [3.63, 3.8) is 0 Å². The molecule has 1 unspecified atom stereocenters. The molecule has 0 aromatic heterocycles. The van der Waals surface area contributed by atoms with E-state index in [2.05, 4.69) is 5.32 Å². The minimum atomic E-state index is -0.826. The molecule has 7 heteroatoms. The molecule has 0 bridgehead atoms. The second kappa shape index (κ2) is 14.8. The Balaban J connectivity index is 2.54. The van der Waals surface area contributed by atoms with E-state index in [4.69, 9.17) is 16.3 Å². The second-order valence-electron chi connectivity index (χ2n) is 7.03. The normalized spacial score (nSPS) is 12.7. The van der Waals surface area contributed by atoms with Crippen LogP contribution in [-0.4, -0.2) is 65.2 Å². The molecule has 0 aliphatic heterocycles. The van der Waals surface area contributed by atoms with Gasteiger partial charge in [0.05, 0.1) is 13.2 Å². The Labute approximate surface area is 172 Å². The summed E-state index contributed by atoms with van der Waals surface area (Å²) in [5.74, 6) is -0.324. The van der Waals surface area contributed by atoms with Crippen molar-refractivity contribution in [2.45, 2.75) is 55.9 Å². The minimum absolute atomic E-state index is 0.0166. The smallest absolute Gasteiger partial charge is 0.240 e. The van der Waals surface area contributed by atoms with Gasteiger partial charge < -0.3 is 25.4 Å². The zero-order valence-electron chi connectivity index (χ0n) is 16.5. The average molecular weight is 416 g/mol. The molecule has 4 N–H and O–H groups in total. The summed E-state index contributed by atoms with van der Waals surface area (Å²) in [4.78, 5) is 12.6. The number of aliphatic hydroxyl groups excluding tert-OH is 3.